The molecule has 2 N–H and O–H groups in total. The van der Waals surface area contributed by atoms with E-state index in [0.717, 1.165) is 25.7 Å². The van der Waals surface area contributed by atoms with Crippen molar-refractivity contribution in [3.63, 3.8) is 0 Å². The van der Waals surface area contributed by atoms with E-state index in [2.05, 4.69) is 19.2 Å². The number of aliphatic hydroxyl groups excluding tert-OH is 1. The summed E-state index contributed by atoms with van der Waals surface area (Å²) in [6.07, 6.45) is 4.27. The average molecular weight is 257 g/mol. The molecular formula is C15H31NO2. The first-order chi connectivity index (χ1) is 8.32. The van der Waals surface area contributed by atoms with Crippen LogP contribution in [-0.2, 0) is 4.79 Å². The number of nitrogens with one attached hydrogen (secondary N) is 1. The highest BCUT2D eigenvalue weighted by Crippen LogP contribution is 2.21. The van der Waals surface area contributed by atoms with Crippen LogP contribution in [0.25, 0.3) is 0 Å². The molecular weight excluding hydrogens is 226 g/mol. The third kappa shape index (κ3) is 7.00. The molecule has 0 aliphatic carbocycles. The van der Waals surface area contributed by atoms with E-state index < -0.39 is 0 Å². The van der Waals surface area contributed by atoms with Crippen molar-refractivity contribution in [2.24, 2.45) is 11.3 Å². The number of hydrogen-bond donors (Lipinski definition) is 2. The van der Waals surface area contributed by atoms with Gasteiger partial charge in [-0.2, -0.15) is 0 Å². The third-order valence-corrected chi connectivity index (χ3v) is 3.36. The minimum Gasteiger partial charge on any atom is -0.393 e. The Morgan fingerprint density at radius 3 is 2.00 bits per heavy atom. The molecule has 0 radical (unpaired) electrons. The van der Waals surface area contributed by atoms with Gasteiger partial charge in [-0.05, 0) is 24.7 Å². The standard InChI is InChI=1S/C15H31NO2/c1-6-8-12(9-7-2)14(18)16-11-10-13(17)15(3,4)5/h12-13,17H,6-11H2,1-5H3,(H,16,18). The monoisotopic (exact) mass is 257 g/mol. The fourth-order valence-electron chi connectivity index (χ4n) is 2.01. The van der Waals surface area contributed by atoms with E-state index in [1.165, 1.54) is 0 Å². The number of carbonyl (C=O) groups is 1. The van der Waals surface area contributed by atoms with E-state index in [-0.39, 0.29) is 23.3 Å². The van der Waals surface area contributed by atoms with Gasteiger partial charge in [0.25, 0.3) is 0 Å². The van der Waals surface area contributed by atoms with Gasteiger partial charge in [0.15, 0.2) is 0 Å². The highest BCUT2D eigenvalue weighted by Gasteiger charge is 2.22. The van der Waals surface area contributed by atoms with Gasteiger partial charge in [-0.1, -0.05) is 47.5 Å². The molecule has 1 unspecified atom stereocenters. The predicted molar refractivity (Wildman–Crippen MR) is 76.4 cm³/mol. The second-order valence-electron chi connectivity index (χ2n) is 6.24. The fraction of sp³-hybridized carbons (Fsp3) is 0.933. The zero-order valence-electron chi connectivity index (χ0n) is 12.8. The summed E-state index contributed by atoms with van der Waals surface area (Å²) in [4.78, 5) is 12.0. The molecule has 0 aromatic heterocycles. The molecule has 1 amide bonds. The van der Waals surface area contributed by atoms with Crippen molar-refractivity contribution in [1.82, 2.24) is 5.32 Å². The summed E-state index contributed by atoms with van der Waals surface area (Å²) in [5.74, 6) is 0.298. The Balaban J connectivity index is 4.00. The molecule has 1 atom stereocenters. The topological polar surface area (TPSA) is 49.3 Å². The van der Waals surface area contributed by atoms with Crippen LogP contribution in [-0.4, -0.2) is 23.7 Å². The molecule has 3 heteroatoms. The van der Waals surface area contributed by atoms with Crippen molar-refractivity contribution in [2.75, 3.05) is 6.54 Å². The second kappa shape index (κ2) is 8.52. The van der Waals surface area contributed by atoms with Crippen LogP contribution in [0.2, 0.25) is 0 Å². The summed E-state index contributed by atoms with van der Waals surface area (Å²) in [7, 11) is 0. The molecule has 0 aromatic carbocycles. The minimum atomic E-state index is -0.367. The van der Waals surface area contributed by atoms with Crippen LogP contribution >= 0.6 is 0 Å². The van der Waals surface area contributed by atoms with E-state index in [9.17, 15) is 9.90 Å². The summed E-state index contributed by atoms with van der Waals surface area (Å²) < 4.78 is 0. The van der Waals surface area contributed by atoms with Gasteiger partial charge in [0.1, 0.15) is 0 Å². The first-order valence-electron chi connectivity index (χ1n) is 7.28. The normalized spacial score (nSPS) is 13.7. The van der Waals surface area contributed by atoms with Crippen LogP contribution in [0.15, 0.2) is 0 Å². The SMILES string of the molecule is CCCC(CCC)C(=O)NCCC(O)C(C)(C)C. The maximum Gasteiger partial charge on any atom is 0.223 e. The van der Waals surface area contributed by atoms with Gasteiger partial charge in [-0.3, -0.25) is 4.79 Å². The largest absolute Gasteiger partial charge is 0.393 e. The summed E-state index contributed by atoms with van der Waals surface area (Å²) in [5.41, 5.74) is -0.114. The number of aliphatic hydroxyl groups is 1. The van der Waals surface area contributed by atoms with Crippen LogP contribution in [0, 0.1) is 11.3 Å². The van der Waals surface area contributed by atoms with Gasteiger partial charge < -0.3 is 10.4 Å². The van der Waals surface area contributed by atoms with Gasteiger partial charge in [0, 0.05) is 12.5 Å². The Morgan fingerprint density at radius 2 is 1.61 bits per heavy atom. The summed E-state index contributed by atoms with van der Waals surface area (Å²) >= 11 is 0. The highest BCUT2D eigenvalue weighted by atomic mass is 16.3. The Hall–Kier alpha value is -0.570. The smallest absolute Gasteiger partial charge is 0.223 e. The Kier molecular flexibility index (Phi) is 8.25. The first-order valence-corrected chi connectivity index (χ1v) is 7.28. The average Bonchev–Trinajstić information content (AvgIpc) is 2.27. The number of carbonyl (C=O) groups excluding carboxylic acids is 1. The number of rotatable bonds is 8. The molecule has 0 fully saturated rings. The Labute approximate surface area is 112 Å². The van der Waals surface area contributed by atoms with Crippen LogP contribution < -0.4 is 5.32 Å². The van der Waals surface area contributed by atoms with Gasteiger partial charge >= 0.3 is 0 Å². The Morgan fingerprint density at radius 1 is 1.11 bits per heavy atom. The zero-order valence-corrected chi connectivity index (χ0v) is 12.8. The maximum absolute atomic E-state index is 12.0. The van der Waals surface area contributed by atoms with E-state index in [1.807, 2.05) is 20.8 Å². The molecule has 0 aromatic rings. The number of amides is 1. The molecule has 0 aliphatic rings. The van der Waals surface area contributed by atoms with Crippen LogP contribution in [0.1, 0.15) is 66.7 Å². The molecule has 0 saturated carbocycles. The molecule has 0 aliphatic heterocycles. The molecule has 0 rings (SSSR count). The van der Waals surface area contributed by atoms with Crippen molar-refractivity contribution < 1.29 is 9.90 Å². The van der Waals surface area contributed by atoms with Crippen LogP contribution in [0.3, 0.4) is 0 Å². The van der Waals surface area contributed by atoms with E-state index in [1.54, 1.807) is 0 Å². The quantitative estimate of drug-likeness (QED) is 0.702. The molecule has 18 heavy (non-hydrogen) atoms. The van der Waals surface area contributed by atoms with Gasteiger partial charge in [-0.15, -0.1) is 0 Å². The van der Waals surface area contributed by atoms with E-state index in [4.69, 9.17) is 0 Å². The Bertz CT molecular complexity index is 227. The lowest BCUT2D eigenvalue weighted by atomic mass is 9.87. The van der Waals surface area contributed by atoms with E-state index >= 15 is 0 Å². The molecule has 0 bridgehead atoms. The van der Waals surface area contributed by atoms with Crippen molar-refractivity contribution in [3.8, 4) is 0 Å². The summed E-state index contributed by atoms with van der Waals surface area (Å²) in [6.45, 7) is 10.8. The first kappa shape index (κ1) is 17.4. The lowest BCUT2D eigenvalue weighted by Crippen LogP contribution is -2.35. The fourth-order valence-corrected chi connectivity index (χ4v) is 2.01. The van der Waals surface area contributed by atoms with Crippen LogP contribution in [0.4, 0.5) is 0 Å². The molecule has 0 spiro atoms. The van der Waals surface area contributed by atoms with Crippen molar-refractivity contribution in [2.45, 2.75) is 72.8 Å². The predicted octanol–water partition coefficient (Wildman–Crippen LogP) is 3.12. The van der Waals surface area contributed by atoms with Crippen molar-refractivity contribution in [3.05, 3.63) is 0 Å². The maximum atomic E-state index is 12.0. The lowest BCUT2D eigenvalue weighted by molar-refractivity contribution is -0.125. The molecule has 0 heterocycles. The van der Waals surface area contributed by atoms with Gasteiger partial charge in [-0.25, -0.2) is 0 Å². The van der Waals surface area contributed by atoms with Gasteiger partial charge in [0.05, 0.1) is 6.10 Å². The molecule has 3 nitrogen and oxygen atoms in total. The van der Waals surface area contributed by atoms with Crippen molar-refractivity contribution in [1.29, 1.82) is 0 Å². The summed E-state index contributed by atoms with van der Waals surface area (Å²) in [6, 6.07) is 0. The van der Waals surface area contributed by atoms with E-state index in [0.29, 0.717) is 13.0 Å². The number of hydrogen-bond acceptors (Lipinski definition) is 2. The summed E-state index contributed by atoms with van der Waals surface area (Å²) in [5, 5.41) is 12.8. The van der Waals surface area contributed by atoms with Crippen LogP contribution in [0.5, 0.6) is 0 Å². The molecule has 0 saturated heterocycles. The van der Waals surface area contributed by atoms with Gasteiger partial charge in [0.2, 0.25) is 5.91 Å². The second-order valence-corrected chi connectivity index (χ2v) is 6.24. The third-order valence-electron chi connectivity index (χ3n) is 3.36. The minimum absolute atomic E-state index is 0.114. The highest BCUT2D eigenvalue weighted by molar-refractivity contribution is 5.78. The lowest BCUT2D eigenvalue weighted by Gasteiger charge is -2.26. The molecule has 108 valence electrons. The zero-order chi connectivity index (χ0) is 14.2. The van der Waals surface area contributed by atoms with Crippen molar-refractivity contribution >= 4 is 5.91 Å².